The van der Waals surface area contributed by atoms with E-state index < -0.39 is 0 Å². The largest absolute Gasteiger partial charge is 0.378 e. The third-order valence-electron chi connectivity index (χ3n) is 4.34. The topological polar surface area (TPSA) is 58.8 Å². The molecule has 2 aliphatic rings. The maximum atomic E-state index is 12.3. The van der Waals surface area contributed by atoms with Crippen LogP contribution in [-0.4, -0.2) is 67.7 Å². The van der Waals surface area contributed by atoms with Crippen molar-refractivity contribution < 1.29 is 9.53 Å². The van der Waals surface area contributed by atoms with Crippen LogP contribution in [0.15, 0.2) is 0 Å². The van der Waals surface area contributed by atoms with E-state index in [0.29, 0.717) is 25.0 Å². The molecule has 1 amide bonds. The molecule has 0 spiro atoms. The van der Waals surface area contributed by atoms with Crippen LogP contribution in [0.4, 0.5) is 0 Å². The van der Waals surface area contributed by atoms with Crippen LogP contribution in [0.5, 0.6) is 0 Å². The lowest BCUT2D eigenvalue weighted by atomic mass is 10.0. The van der Waals surface area contributed by atoms with Gasteiger partial charge in [-0.25, -0.2) is 0 Å². The Balaban J connectivity index is 1.69. The Hall–Kier alpha value is -0.650. The van der Waals surface area contributed by atoms with Crippen LogP contribution >= 0.6 is 0 Å². The van der Waals surface area contributed by atoms with Crippen molar-refractivity contribution in [3.05, 3.63) is 0 Å². The number of hydrogen-bond acceptors (Lipinski definition) is 4. The second kappa shape index (κ2) is 8.60. The zero-order valence-electron chi connectivity index (χ0n) is 12.6. The van der Waals surface area contributed by atoms with Gasteiger partial charge in [0.1, 0.15) is 0 Å². The summed E-state index contributed by atoms with van der Waals surface area (Å²) < 4.78 is 5.70. The summed E-state index contributed by atoms with van der Waals surface area (Å²) in [6.45, 7) is 6.28. The lowest BCUT2D eigenvalue weighted by Gasteiger charge is -2.25. The van der Waals surface area contributed by atoms with Gasteiger partial charge in [0.05, 0.1) is 6.10 Å². The zero-order chi connectivity index (χ0) is 14.2. The lowest BCUT2D eigenvalue weighted by Crippen LogP contribution is -2.37. The molecule has 2 fully saturated rings. The van der Waals surface area contributed by atoms with E-state index in [4.69, 9.17) is 10.5 Å². The van der Waals surface area contributed by atoms with Gasteiger partial charge >= 0.3 is 0 Å². The number of nitrogens with zero attached hydrogens (tertiary/aromatic N) is 2. The Morgan fingerprint density at radius 3 is 2.80 bits per heavy atom. The van der Waals surface area contributed by atoms with Crippen molar-refractivity contribution in [1.29, 1.82) is 0 Å². The molecule has 0 aromatic rings. The normalized spacial score (nSPS) is 25.4. The van der Waals surface area contributed by atoms with Gasteiger partial charge in [0.15, 0.2) is 0 Å². The predicted octanol–water partition coefficient (Wildman–Crippen LogP) is 0.829. The second-order valence-electron chi connectivity index (χ2n) is 5.89. The molecule has 2 rings (SSSR count). The maximum Gasteiger partial charge on any atom is 0.222 e. The maximum absolute atomic E-state index is 12.3. The summed E-state index contributed by atoms with van der Waals surface area (Å²) in [5.41, 5.74) is 5.60. The fourth-order valence-corrected chi connectivity index (χ4v) is 3.10. The van der Waals surface area contributed by atoms with Gasteiger partial charge in [-0.15, -0.1) is 0 Å². The van der Waals surface area contributed by atoms with Crippen LogP contribution < -0.4 is 5.73 Å². The summed E-state index contributed by atoms with van der Waals surface area (Å²) in [5, 5.41) is 0. The molecule has 0 aromatic heterocycles. The number of carbonyl (C=O) groups excluding carboxylic acids is 1. The van der Waals surface area contributed by atoms with Crippen molar-refractivity contribution in [3.63, 3.8) is 0 Å². The first-order valence-electron chi connectivity index (χ1n) is 8.11. The van der Waals surface area contributed by atoms with E-state index >= 15 is 0 Å². The molecule has 1 atom stereocenters. The van der Waals surface area contributed by atoms with E-state index in [9.17, 15) is 4.79 Å². The van der Waals surface area contributed by atoms with Crippen molar-refractivity contribution >= 4 is 5.91 Å². The summed E-state index contributed by atoms with van der Waals surface area (Å²) in [6, 6.07) is 0. The predicted molar refractivity (Wildman–Crippen MR) is 79.5 cm³/mol. The van der Waals surface area contributed by atoms with Gasteiger partial charge < -0.3 is 20.3 Å². The van der Waals surface area contributed by atoms with Gasteiger partial charge in [0.2, 0.25) is 5.91 Å². The van der Waals surface area contributed by atoms with Crippen LogP contribution in [0.25, 0.3) is 0 Å². The average molecular weight is 283 g/mol. The average Bonchev–Trinajstić information content (AvgIpc) is 2.72. The smallest absolute Gasteiger partial charge is 0.222 e. The van der Waals surface area contributed by atoms with E-state index in [1.807, 2.05) is 4.90 Å². The van der Waals surface area contributed by atoms with Crippen molar-refractivity contribution in [3.8, 4) is 0 Å². The highest BCUT2D eigenvalue weighted by Gasteiger charge is 2.21. The molecule has 2 heterocycles. The number of ether oxygens (including phenoxy) is 1. The molecule has 2 N–H and O–H groups in total. The Bertz CT molecular complexity index is 293. The number of rotatable bonds is 5. The van der Waals surface area contributed by atoms with E-state index in [1.54, 1.807) is 0 Å². The fourth-order valence-electron chi connectivity index (χ4n) is 3.10. The molecular formula is C15H29N3O2. The molecule has 20 heavy (non-hydrogen) atoms. The van der Waals surface area contributed by atoms with Crippen molar-refractivity contribution in [2.24, 2.45) is 5.73 Å². The highest BCUT2D eigenvalue weighted by atomic mass is 16.5. The van der Waals surface area contributed by atoms with E-state index in [-0.39, 0.29) is 0 Å². The second-order valence-corrected chi connectivity index (χ2v) is 5.89. The summed E-state index contributed by atoms with van der Waals surface area (Å²) >= 11 is 0. The highest BCUT2D eigenvalue weighted by molar-refractivity contribution is 5.76. The van der Waals surface area contributed by atoms with Crippen molar-refractivity contribution in [1.82, 2.24) is 9.80 Å². The standard InChI is InChI=1S/C15H29N3O2/c16-7-10-17-8-3-9-18(12-11-17)15(19)6-5-14-4-1-2-13-20-14/h14H,1-13,16H2. The first kappa shape index (κ1) is 15.7. The Kier molecular flexibility index (Phi) is 6.76. The monoisotopic (exact) mass is 283 g/mol. The van der Waals surface area contributed by atoms with Gasteiger partial charge in [-0.1, -0.05) is 0 Å². The molecule has 0 aliphatic carbocycles. The van der Waals surface area contributed by atoms with E-state index in [2.05, 4.69) is 4.90 Å². The highest BCUT2D eigenvalue weighted by Crippen LogP contribution is 2.17. The van der Waals surface area contributed by atoms with Crippen LogP contribution in [0.1, 0.15) is 38.5 Å². The van der Waals surface area contributed by atoms with Gasteiger partial charge in [-0.05, 0) is 38.6 Å². The summed E-state index contributed by atoms with van der Waals surface area (Å²) in [7, 11) is 0. The van der Waals surface area contributed by atoms with Crippen molar-refractivity contribution in [2.45, 2.75) is 44.6 Å². The number of hydrogen-bond donors (Lipinski definition) is 1. The van der Waals surface area contributed by atoms with Crippen LogP contribution in [0.2, 0.25) is 0 Å². The molecule has 1 unspecified atom stereocenters. The van der Waals surface area contributed by atoms with E-state index in [0.717, 1.165) is 58.6 Å². The SMILES string of the molecule is NCCN1CCCN(C(=O)CCC2CCCCO2)CC1. The van der Waals surface area contributed by atoms with E-state index in [1.165, 1.54) is 12.8 Å². The molecule has 5 nitrogen and oxygen atoms in total. The minimum absolute atomic E-state index is 0.300. The zero-order valence-corrected chi connectivity index (χ0v) is 12.6. The molecule has 0 bridgehead atoms. The fraction of sp³-hybridized carbons (Fsp3) is 0.933. The van der Waals surface area contributed by atoms with Gasteiger partial charge in [0, 0.05) is 45.8 Å². The molecule has 0 aromatic carbocycles. The third kappa shape index (κ3) is 5.04. The third-order valence-corrected chi connectivity index (χ3v) is 4.34. The van der Waals surface area contributed by atoms with Crippen molar-refractivity contribution in [2.75, 3.05) is 45.9 Å². The first-order valence-corrected chi connectivity index (χ1v) is 8.11. The van der Waals surface area contributed by atoms with Crippen LogP contribution in [0, 0.1) is 0 Å². The lowest BCUT2D eigenvalue weighted by molar-refractivity contribution is -0.132. The van der Waals surface area contributed by atoms with Gasteiger partial charge in [-0.2, -0.15) is 0 Å². The minimum atomic E-state index is 0.300. The van der Waals surface area contributed by atoms with Crippen LogP contribution in [0.3, 0.4) is 0 Å². The van der Waals surface area contributed by atoms with Crippen LogP contribution in [-0.2, 0) is 9.53 Å². The molecule has 116 valence electrons. The summed E-state index contributed by atoms with van der Waals surface area (Å²) in [5.74, 6) is 0.300. The summed E-state index contributed by atoms with van der Waals surface area (Å²) in [6.07, 6.45) is 6.45. The Morgan fingerprint density at radius 1 is 1.15 bits per heavy atom. The number of nitrogens with two attached hydrogens (primary N) is 1. The first-order chi connectivity index (χ1) is 9.79. The Labute approximate surface area is 122 Å². The minimum Gasteiger partial charge on any atom is -0.378 e. The number of carbonyl (C=O) groups is 1. The Morgan fingerprint density at radius 2 is 2.05 bits per heavy atom. The quantitative estimate of drug-likeness (QED) is 0.812. The molecule has 5 heteroatoms. The molecule has 2 saturated heterocycles. The van der Waals surface area contributed by atoms with Gasteiger partial charge in [0.25, 0.3) is 0 Å². The molecule has 2 aliphatic heterocycles. The molecule has 0 radical (unpaired) electrons. The molecule has 0 saturated carbocycles. The van der Waals surface area contributed by atoms with Gasteiger partial charge in [-0.3, -0.25) is 4.79 Å². The summed E-state index contributed by atoms with van der Waals surface area (Å²) in [4.78, 5) is 16.7. The number of amides is 1. The molecular weight excluding hydrogens is 254 g/mol.